The third-order valence-corrected chi connectivity index (χ3v) is 3.80. The minimum atomic E-state index is 0.0729. The van der Waals surface area contributed by atoms with Gasteiger partial charge in [0.2, 0.25) is 6.71 Å². The summed E-state index contributed by atoms with van der Waals surface area (Å²) in [4.78, 5) is 11.1. The molecule has 1 unspecified atom stereocenters. The van der Waals surface area contributed by atoms with Gasteiger partial charge < -0.3 is 0 Å². The fourth-order valence-electron chi connectivity index (χ4n) is 2.45. The van der Waals surface area contributed by atoms with Crippen molar-refractivity contribution in [1.82, 2.24) is 0 Å². The molecular weight excluding hydrogens is 191 g/mol. The highest BCUT2D eigenvalue weighted by Gasteiger charge is 2.38. The zero-order chi connectivity index (χ0) is 10.8. The molecule has 1 atom stereocenters. The Kier molecular flexibility index (Phi) is 3.88. The lowest BCUT2D eigenvalue weighted by Gasteiger charge is -2.28. The predicted molar refractivity (Wildman–Crippen MR) is 66.5 cm³/mol. The van der Waals surface area contributed by atoms with Crippen molar-refractivity contribution in [3.63, 3.8) is 0 Å². The molecule has 0 amide bonds. The maximum Gasteiger partial charge on any atom is 0.237 e. The minimum Gasteiger partial charge on any atom is -0.299 e. The van der Waals surface area contributed by atoms with Gasteiger partial charge >= 0.3 is 0 Å². The Morgan fingerprint density at radius 2 is 2.21 bits per heavy atom. The maximum absolute atomic E-state index is 11.1. The average Bonchev–Trinajstić information content (AvgIpc) is 2.51. The van der Waals surface area contributed by atoms with Crippen LogP contribution in [0.4, 0.5) is 4.79 Å². The zero-order valence-electron chi connectivity index (χ0n) is 9.29. The summed E-state index contributed by atoms with van der Waals surface area (Å²) < 4.78 is 0. The van der Waals surface area contributed by atoms with Gasteiger partial charge in [-0.05, 0) is 18.3 Å². The van der Waals surface area contributed by atoms with E-state index in [1.54, 1.807) is 0 Å². The molecule has 1 nitrogen and oxygen atoms in total. The molecule has 0 N–H and O–H groups in total. The molecule has 1 rings (SSSR count). The van der Waals surface area contributed by atoms with Crippen LogP contribution in [-0.2, 0) is 0 Å². The van der Waals surface area contributed by atoms with Crippen molar-refractivity contribution in [2.45, 2.75) is 39.8 Å². The quantitative estimate of drug-likeness (QED) is 0.426. The number of allylic oxidation sites excluding steroid dienone is 2. The molecule has 1 aliphatic heterocycles. The van der Waals surface area contributed by atoms with Gasteiger partial charge in [0.25, 0.3) is 0 Å². The van der Waals surface area contributed by atoms with Crippen LogP contribution in [0.15, 0.2) is 12.2 Å². The number of carbonyl (C=O) groups excluding carboxylic acids is 1. The summed E-state index contributed by atoms with van der Waals surface area (Å²) in [6.45, 7) is 6.76. The van der Waals surface area contributed by atoms with Crippen molar-refractivity contribution in [3.05, 3.63) is 12.2 Å². The van der Waals surface area contributed by atoms with Crippen LogP contribution in [0, 0.1) is 11.3 Å². The molecule has 1 saturated heterocycles. The fraction of sp³-hybridized carbons (Fsp3) is 0.727. The highest BCUT2D eigenvalue weighted by molar-refractivity contribution is 8.01. The van der Waals surface area contributed by atoms with Crippen LogP contribution >= 0.6 is 12.6 Å². The maximum atomic E-state index is 11.1. The molecule has 0 radical (unpaired) electrons. The Morgan fingerprint density at radius 1 is 1.57 bits per heavy atom. The summed E-state index contributed by atoms with van der Waals surface area (Å²) in [5.41, 5.74) is 0.229. The molecule has 0 aromatic rings. The van der Waals surface area contributed by atoms with Crippen LogP contribution in [0.25, 0.3) is 0 Å². The molecular formula is C11H19BOS. The van der Waals surface area contributed by atoms with Gasteiger partial charge in [0.05, 0.1) is 0 Å². The second kappa shape index (κ2) is 4.56. The van der Waals surface area contributed by atoms with Crippen LogP contribution in [0.1, 0.15) is 27.2 Å². The first kappa shape index (κ1) is 11.9. The molecule has 0 spiro atoms. The average molecular weight is 210 g/mol. The smallest absolute Gasteiger partial charge is 0.237 e. The van der Waals surface area contributed by atoms with Crippen molar-refractivity contribution >= 4 is 24.4 Å². The minimum absolute atomic E-state index is 0.0729. The Hall–Kier alpha value is -0.175. The highest BCUT2D eigenvalue weighted by atomic mass is 32.1. The van der Waals surface area contributed by atoms with Gasteiger partial charge in [0, 0.05) is 0 Å². The molecule has 0 bridgehead atoms. The van der Waals surface area contributed by atoms with E-state index >= 15 is 0 Å². The van der Waals surface area contributed by atoms with E-state index in [0.29, 0.717) is 5.92 Å². The van der Waals surface area contributed by atoms with Gasteiger partial charge in [-0.3, -0.25) is 4.79 Å². The lowest BCUT2D eigenvalue weighted by molar-refractivity contribution is 0.275. The largest absolute Gasteiger partial charge is 0.299 e. The van der Waals surface area contributed by atoms with Crippen LogP contribution in [0.3, 0.4) is 0 Å². The van der Waals surface area contributed by atoms with E-state index in [4.69, 9.17) is 0 Å². The molecule has 0 saturated carbocycles. The lowest BCUT2D eigenvalue weighted by atomic mass is 9.48. The third-order valence-electron chi connectivity index (χ3n) is 3.43. The van der Waals surface area contributed by atoms with Gasteiger partial charge in [-0.15, -0.1) is 12.6 Å². The molecule has 1 heterocycles. The van der Waals surface area contributed by atoms with Crippen molar-refractivity contribution in [1.29, 1.82) is 0 Å². The first-order chi connectivity index (χ1) is 6.47. The van der Waals surface area contributed by atoms with Gasteiger partial charge in [0.15, 0.2) is 0 Å². The first-order valence-electron chi connectivity index (χ1n) is 5.34. The summed E-state index contributed by atoms with van der Waals surface area (Å²) in [6.07, 6.45) is 7.56. The first-order valence-corrected chi connectivity index (χ1v) is 5.78. The summed E-state index contributed by atoms with van der Waals surface area (Å²) in [7, 11) is 0. The van der Waals surface area contributed by atoms with E-state index in [9.17, 15) is 4.79 Å². The Labute approximate surface area is 92.8 Å². The third kappa shape index (κ3) is 2.66. The van der Waals surface area contributed by atoms with E-state index in [1.165, 1.54) is 0 Å². The molecule has 0 aromatic heterocycles. The number of hydrogen-bond acceptors (Lipinski definition) is 1. The Balaban J connectivity index is 2.61. The SMILES string of the molecule is C/C=C\C(C)(C)C1CCB(C(=O)S)C1. The van der Waals surface area contributed by atoms with E-state index < -0.39 is 0 Å². The van der Waals surface area contributed by atoms with Crippen molar-refractivity contribution in [2.24, 2.45) is 11.3 Å². The molecule has 3 heteroatoms. The summed E-state index contributed by atoms with van der Waals surface area (Å²) in [6, 6.07) is 0. The molecule has 1 aliphatic rings. The zero-order valence-corrected chi connectivity index (χ0v) is 10.2. The summed E-state index contributed by atoms with van der Waals surface area (Å²) in [5.74, 6) is 0.639. The van der Waals surface area contributed by atoms with Crippen LogP contribution in [-0.4, -0.2) is 11.7 Å². The van der Waals surface area contributed by atoms with Gasteiger partial charge in [-0.2, -0.15) is 0 Å². The van der Waals surface area contributed by atoms with Gasteiger partial charge in [-0.25, -0.2) is 0 Å². The normalized spacial score (nSPS) is 23.4. The van der Waals surface area contributed by atoms with Crippen molar-refractivity contribution in [2.75, 3.05) is 0 Å². The summed E-state index contributed by atoms with van der Waals surface area (Å²) in [5, 5.41) is 0.0729. The Morgan fingerprint density at radius 3 is 2.64 bits per heavy atom. The lowest BCUT2D eigenvalue weighted by Crippen LogP contribution is -2.22. The predicted octanol–water partition coefficient (Wildman–Crippen LogP) is 3.73. The van der Waals surface area contributed by atoms with Crippen LogP contribution in [0.2, 0.25) is 12.6 Å². The number of thiol groups is 1. The number of hydrogen-bond donors (Lipinski definition) is 1. The van der Waals surface area contributed by atoms with Crippen LogP contribution < -0.4 is 0 Å². The second-order valence-corrected chi connectivity index (χ2v) is 5.31. The van der Waals surface area contributed by atoms with Gasteiger partial charge in [-0.1, -0.05) is 45.1 Å². The molecule has 1 fully saturated rings. The molecule has 78 valence electrons. The standard InChI is InChI=1S/C11H19BOS/c1-4-6-11(2,3)9-5-7-12(8-9)10(13)14/h4,6,9H,5,7-8H2,1-3H3,(H,13,14)/b6-4-. The van der Waals surface area contributed by atoms with E-state index in [1.807, 2.05) is 0 Å². The molecule has 0 aliphatic carbocycles. The monoisotopic (exact) mass is 210 g/mol. The fourth-order valence-corrected chi connectivity index (χ4v) is 2.68. The second-order valence-electron chi connectivity index (χ2n) is 4.87. The molecule has 0 aromatic carbocycles. The topological polar surface area (TPSA) is 17.1 Å². The van der Waals surface area contributed by atoms with E-state index in [2.05, 4.69) is 45.6 Å². The van der Waals surface area contributed by atoms with E-state index in [-0.39, 0.29) is 17.1 Å². The summed E-state index contributed by atoms with van der Waals surface area (Å²) >= 11 is 3.92. The van der Waals surface area contributed by atoms with Gasteiger partial charge in [0.1, 0.15) is 5.01 Å². The van der Waals surface area contributed by atoms with Crippen molar-refractivity contribution in [3.8, 4) is 0 Å². The Bertz CT molecular complexity index is 248. The number of carbonyl (C=O) groups is 1. The highest BCUT2D eigenvalue weighted by Crippen LogP contribution is 2.41. The van der Waals surface area contributed by atoms with Crippen LogP contribution in [0.5, 0.6) is 0 Å². The molecule has 14 heavy (non-hydrogen) atoms. The van der Waals surface area contributed by atoms with Crippen molar-refractivity contribution < 1.29 is 4.79 Å². The van der Waals surface area contributed by atoms with E-state index in [0.717, 1.165) is 19.1 Å². The number of rotatable bonds is 3.